The van der Waals surface area contributed by atoms with E-state index in [1.165, 1.54) is 11.4 Å². The van der Waals surface area contributed by atoms with Crippen LogP contribution < -0.4 is 5.32 Å². The Morgan fingerprint density at radius 2 is 1.60 bits per heavy atom. The van der Waals surface area contributed by atoms with E-state index in [9.17, 15) is 18.0 Å². The van der Waals surface area contributed by atoms with E-state index < -0.39 is 16.1 Å². The number of rotatable bonds is 13. The molecule has 42 heavy (non-hydrogen) atoms. The zero-order chi connectivity index (χ0) is 30.1. The fourth-order valence-corrected chi connectivity index (χ4v) is 6.94. The minimum absolute atomic E-state index is 0.0574. The summed E-state index contributed by atoms with van der Waals surface area (Å²) in [5.41, 5.74) is 1.60. The Hall–Kier alpha value is -2.91. The van der Waals surface area contributed by atoms with Gasteiger partial charge >= 0.3 is 0 Å². The Morgan fingerprint density at radius 3 is 2.24 bits per heavy atom. The molecule has 0 radical (unpaired) electrons. The topological polar surface area (TPSA) is 86.8 Å². The minimum atomic E-state index is -3.68. The van der Waals surface area contributed by atoms with Crippen LogP contribution in [-0.4, -0.2) is 55.1 Å². The molecule has 3 aromatic rings. The Bertz CT molecular complexity index is 1450. The predicted octanol–water partition coefficient (Wildman–Crippen LogP) is 6.09. The van der Waals surface area contributed by atoms with Crippen LogP contribution in [0.25, 0.3) is 0 Å². The molecule has 224 valence electrons. The van der Waals surface area contributed by atoms with Crippen LogP contribution in [0.3, 0.4) is 0 Å². The first-order valence-electron chi connectivity index (χ1n) is 14.2. The molecule has 4 rings (SSSR count). The van der Waals surface area contributed by atoms with Gasteiger partial charge in [0.1, 0.15) is 6.04 Å². The van der Waals surface area contributed by atoms with Crippen molar-refractivity contribution in [2.45, 2.75) is 68.5 Å². The number of nitrogens with one attached hydrogen (secondary N) is 1. The SMILES string of the molecule is CN(CCCC(=O)N(Cc1ccc(Cl)cc1Cl)[C@@H](Cc1ccccc1)C(=O)NC1CCCC1)S(=O)(=O)c1ccccc1. The number of halogens is 2. The number of sulfonamides is 1. The Morgan fingerprint density at radius 1 is 0.952 bits per heavy atom. The van der Waals surface area contributed by atoms with Gasteiger partial charge in [-0.25, -0.2) is 12.7 Å². The monoisotopic (exact) mass is 629 g/mol. The van der Waals surface area contributed by atoms with E-state index >= 15 is 0 Å². The zero-order valence-corrected chi connectivity index (χ0v) is 26.0. The van der Waals surface area contributed by atoms with Gasteiger partial charge in [-0.3, -0.25) is 9.59 Å². The van der Waals surface area contributed by atoms with Crippen molar-refractivity contribution in [2.24, 2.45) is 0 Å². The summed E-state index contributed by atoms with van der Waals surface area (Å²) < 4.78 is 27.2. The maximum atomic E-state index is 13.9. The van der Waals surface area contributed by atoms with Crippen molar-refractivity contribution in [2.75, 3.05) is 13.6 Å². The molecular formula is C32H37Cl2N3O4S. The first kappa shape index (κ1) is 32.0. The second-order valence-corrected chi connectivity index (χ2v) is 13.6. The number of carbonyl (C=O) groups excluding carboxylic acids is 2. The van der Waals surface area contributed by atoms with E-state index in [0.29, 0.717) is 22.0 Å². The van der Waals surface area contributed by atoms with Crippen molar-refractivity contribution < 1.29 is 18.0 Å². The molecule has 0 unspecified atom stereocenters. The number of amides is 2. The highest BCUT2D eigenvalue weighted by molar-refractivity contribution is 7.89. The quantitative estimate of drug-likeness (QED) is 0.248. The van der Waals surface area contributed by atoms with Crippen LogP contribution >= 0.6 is 23.2 Å². The maximum Gasteiger partial charge on any atom is 0.243 e. The summed E-state index contributed by atoms with van der Waals surface area (Å²) in [6.07, 6.45) is 4.65. The third-order valence-corrected chi connectivity index (χ3v) is 10.1. The van der Waals surface area contributed by atoms with Crippen LogP contribution in [0.15, 0.2) is 83.8 Å². The number of hydrogen-bond acceptors (Lipinski definition) is 4. The number of nitrogens with zero attached hydrogens (tertiary/aromatic N) is 2. The molecule has 0 heterocycles. The van der Waals surface area contributed by atoms with Crippen molar-refractivity contribution in [3.05, 3.63) is 100 Å². The van der Waals surface area contributed by atoms with Gasteiger partial charge in [0.05, 0.1) is 4.90 Å². The molecule has 1 N–H and O–H groups in total. The van der Waals surface area contributed by atoms with Gasteiger partial charge in [-0.2, -0.15) is 0 Å². The van der Waals surface area contributed by atoms with Crippen molar-refractivity contribution >= 4 is 45.0 Å². The fraction of sp³-hybridized carbons (Fsp3) is 0.375. The normalized spacial score (nSPS) is 14.6. The zero-order valence-electron chi connectivity index (χ0n) is 23.7. The smallest absolute Gasteiger partial charge is 0.243 e. The van der Waals surface area contributed by atoms with Gasteiger partial charge in [0.25, 0.3) is 0 Å². The lowest BCUT2D eigenvalue weighted by atomic mass is 10.0. The number of hydrogen-bond donors (Lipinski definition) is 1. The van der Waals surface area contributed by atoms with E-state index in [2.05, 4.69) is 5.32 Å². The maximum absolute atomic E-state index is 13.9. The van der Waals surface area contributed by atoms with Gasteiger partial charge in [0.2, 0.25) is 21.8 Å². The van der Waals surface area contributed by atoms with Crippen LogP contribution in [0.5, 0.6) is 0 Å². The standard InChI is InChI=1S/C32H37Cl2N3O4S/c1-36(42(40,41)28-15-6-3-7-16-28)20-10-17-31(38)37(23-25-18-19-26(33)22-29(25)34)30(21-24-11-4-2-5-12-24)32(39)35-27-13-8-9-14-27/h2-7,11-12,15-16,18-19,22,27,30H,8-10,13-14,17,20-21,23H2,1H3,(H,35,39)/t30-/m0/s1. The molecule has 2 amide bonds. The number of benzene rings is 3. The molecule has 1 aliphatic carbocycles. The molecule has 1 fully saturated rings. The summed E-state index contributed by atoms with van der Waals surface area (Å²) in [4.78, 5) is 29.5. The van der Waals surface area contributed by atoms with Gasteiger partial charge in [-0.15, -0.1) is 0 Å². The first-order valence-corrected chi connectivity index (χ1v) is 16.4. The molecular weight excluding hydrogens is 593 g/mol. The van der Waals surface area contributed by atoms with E-state index in [4.69, 9.17) is 23.2 Å². The van der Waals surface area contributed by atoms with Crippen LogP contribution in [0.1, 0.15) is 49.7 Å². The summed E-state index contributed by atoms with van der Waals surface area (Å²) in [7, 11) is -2.18. The van der Waals surface area contributed by atoms with E-state index in [1.54, 1.807) is 53.4 Å². The van der Waals surface area contributed by atoms with Gasteiger partial charge in [0.15, 0.2) is 0 Å². The molecule has 0 saturated heterocycles. The van der Waals surface area contributed by atoms with Gasteiger partial charge in [0, 0.05) is 49.1 Å². The van der Waals surface area contributed by atoms with Crippen molar-refractivity contribution in [1.29, 1.82) is 0 Å². The average molecular weight is 631 g/mol. The van der Waals surface area contributed by atoms with Crippen molar-refractivity contribution in [3.63, 3.8) is 0 Å². The summed E-state index contributed by atoms with van der Waals surface area (Å²) >= 11 is 12.6. The lowest BCUT2D eigenvalue weighted by molar-refractivity contribution is -0.141. The summed E-state index contributed by atoms with van der Waals surface area (Å²) in [5, 5.41) is 4.06. The van der Waals surface area contributed by atoms with Crippen molar-refractivity contribution in [3.8, 4) is 0 Å². The fourth-order valence-electron chi connectivity index (χ4n) is 5.24. The largest absolute Gasteiger partial charge is 0.352 e. The molecule has 3 aromatic carbocycles. The van der Waals surface area contributed by atoms with Crippen molar-refractivity contribution in [1.82, 2.24) is 14.5 Å². The number of carbonyl (C=O) groups is 2. The minimum Gasteiger partial charge on any atom is -0.352 e. The van der Waals surface area contributed by atoms with Gasteiger partial charge in [-0.05, 0) is 54.7 Å². The lowest BCUT2D eigenvalue weighted by Gasteiger charge is -2.33. The first-order chi connectivity index (χ1) is 20.1. The van der Waals surface area contributed by atoms with Gasteiger partial charge in [-0.1, -0.05) is 90.6 Å². The second kappa shape index (κ2) is 15.0. The molecule has 0 spiro atoms. The molecule has 1 atom stereocenters. The van der Waals surface area contributed by atoms with E-state index in [-0.39, 0.29) is 48.7 Å². The third kappa shape index (κ3) is 8.57. The Kier molecular flexibility index (Phi) is 11.4. The Labute approximate surface area is 258 Å². The molecule has 0 aromatic heterocycles. The summed E-state index contributed by atoms with van der Waals surface area (Å²) in [6, 6.07) is 22.2. The molecule has 10 heteroatoms. The second-order valence-electron chi connectivity index (χ2n) is 10.7. The molecule has 0 bridgehead atoms. The average Bonchev–Trinajstić information content (AvgIpc) is 3.49. The molecule has 7 nitrogen and oxygen atoms in total. The van der Waals surface area contributed by atoms with Crippen LogP contribution in [0, 0.1) is 0 Å². The van der Waals surface area contributed by atoms with Gasteiger partial charge < -0.3 is 10.2 Å². The predicted molar refractivity (Wildman–Crippen MR) is 167 cm³/mol. The van der Waals surface area contributed by atoms with Crippen LogP contribution in [-0.2, 0) is 32.6 Å². The highest BCUT2D eigenvalue weighted by atomic mass is 35.5. The Balaban J connectivity index is 1.56. The summed E-state index contributed by atoms with van der Waals surface area (Å²) in [6.45, 7) is 0.263. The highest BCUT2D eigenvalue weighted by Gasteiger charge is 2.32. The van der Waals surface area contributed by atoms with Crippen LogP contribution in [0.4, 0.5) is 0 Å². The lowest BCUT2D eigenvalue weighted by Crippen LogP contribution is -2.52. The molecule has 0 aliphatic heterocycles. The summed E-state index contributed by atoms with van der Waals surface area (Å²) in [5.74, 6) is -0.456. The highest BCUT2D eigenvalue weighted by Crippen LogP contribution is 2.25. The van der Waals surface area contributed by atoms with E-state index in [1.807, 2.05) is 30.3 Å². The third-order valence-electron chi connectivity index (χ3n) is 7.64. The van der Waals surface area contributed by atoms with Crippen LogP contribution in [0.2, 0.25) is 10.0 Å². The van der Waals surface area contributed by atoms with E-state index in [0.717, 1.165) is 31.2 Å². The molecule has 1 saturated carbocycles. The molecule has 1 aliphatic rings.